The summed E-state index contributed by atoms with van der Waals surface area (Å²) in [6, 6.07) is 3.73. The summed E-state index contributed by atoms with van der Waals surface area (Å²) in [6.07, 6.45) is 0.406. The van der Waals surface area contributed by atoms with Gasteiger partial charge in [0.2, 0.25) is 0 Å². The van der Waals surface area contributed by atoms with Crippen molar-refractivity contribution in [2.24, 2.45) is 5.41 Å². The van der Waals surface area contributed by atoms with E-state index in [1.807, 2.05) is 0 Å². The highest BCUT2D eigenvalue weighted by atomic mass is 35.5. The van der Waals surface area contributed by atoms with Gasteiger partial charge in [-0.1, -0.05) is 11.6 Å². The molecule has 0 spiro atoms. The summed E-state index contributed by atoms with van der Waals surface area (Å²) in [4.78, 5) is 24.7. The molecule has 0 radical (unpaired) electrons. The van der Waals surface area contributed by atoms with Crippen LogP contribution in [-0.4, -0.2) is 35.0 Å². The van der Waals surface area contributed by atoms with Gasteiger partial charge in [0, 0.05) is 18.7 Å². The Labute approximate surface area is 114 Å². The number of carboxylic acids is 1. The Kier molecular flexibility index (Phi) is 3.49. The summed E-state index contributed by atoms with van der Waals surface area (Å²) >= 11 is 5.63. The van der Waals surface area contributed by atoms with Crippen LogP contribution in [0, 0.1) is 11.2 Å². The smallest absolute Gasteiger partial charge is 0.311 e. The van der Waals surface area contributed by atoms with E-state index in [2.05, 4.69) is 0 Å². The standard InChI is InChI=1S/C13H13ClFNO3/c1-13(12(18)19)4-5-16(7-13)11(17)8-2-3-10(15)9(14)6-8/h2-3,6H,4-5,7H2,1H3,(H,18,19). The maximum absolute atomic E-state index is 13.0. The third-order valence-electron chi connectivity index (χ3n) is 3.44. The Morgan fingerprint density at radius 3 is 2.68 bits per heavy atom. The van der Waals surface area contributed by atoms with Crippen LogP contribution in [0.4, 0.5) is 4.39 Å². The lowest BCUT2D eigenvalue weighted by Gasteiger charge is -2.20. The summed E-state index contributed by atoms with van der Waals surface area (Å²) in [5, 5.41) is 9.00. The van der Waals surface area contributed by atoms with Gasteiger partial charge in [-0.15, -0.1) is 0 Å². The molecule has 2 rings (SSSR count). The molecule has 102 valence electrons. The molecule has 1 aromatic rings. The lowest BCUT2D eigenvalue weighted by Crippen LogP contribution is -2.34. The van der Waals surface area contributed by atoms with Crippen LogP contribution < -0.4 is 0 Å². The van der Waals surface area contributed by atoms with Crippen molar-refractivity contribution in [3.05, 3.63) is 34.6 Å². The molecule has 1 fully saturated rings. The van der Waals surface area contributed by atoms with Crippen LogP contribution in [-0.2, 0) is 4.79 Å². The molecule has 19 heavy (non-hydrogen) atoms. The Morgan fingerprint density at radius 1 is 1.47 bits per heavy atom. The SMILES string of the molecule is CC1(C(=O)O)CCN(C(=O)c2ccc(F)c(Cl)c2)C1. The molecule has 1 amide bonds. The highest BCUT2D eigenvalue weighted by Gasteiger charge is 2.42. The third kappa shape index (κ3) is 2.56. The second-order valence-electron chi connectivity index (χ2n) is 4.97. The van der Waals surface area contributed by atoms with Crippen molar-refractivity contribution >= 4 is 23.5 Å². The van der Waals surface area contributed by atoms with E-state index >= 15 is 0 Å². The lowest BCUT2D eigenvalue weighted by molar-refractivity contribution is -0.147. The van der Waals surface area contributed by atoms with Gasteiger partial charge in [0.15, 0.2) is 0 Å². The number of benzene rings is 1. The normalized spacial score (nSPS) is 22.6. The van der Waals surface area contributed by atoms with Crippen molar-refractivity contribution in [1.82, 2.24) is 4.90 Å². The average molecular weight is 286 g/mol. The van der Waals surface area contributed by atoms with Gasteiger partial charge in [-0.25, -0.2) is 4.39 Å². The number of aliphatic carboxylic acids is 1. The molecule has 1 N–H and O–H groups in total. The highest BCUT2D eigenvalue weighted by Crippen LogP contribution is 2.31. The largest absolute Gasteiger partial charge is 0.481 e. The predicted octanol–water partition coefficient (Wildman–Crippen LogP) is 2.42. The summed E-state index contributed by atoms with van der Waals surface area (Å²) in [5.74, 6) is -1.83. The first-order valence-corrected chi connectivity index (χ1v) is 6.19. The fourth-order valence-corrected chi connectivity index (χ4v) is 2.30. The minimum Gasteiger partial charge on any atom is -0.481 e. The van der Waals surface area contributed by atoms with Crippen LogP contribution in [0.2, 0.25) is 5.02 Å². The summed E-state index contributed by atoms with van der Waals surface area (Å²) in [5.41, 5.74) is -0.652. The summed E-state index contributed by atoms with van der Waals surface area (Å²) in [6.45, 7) is 2.13. The molecule has 1 aliphatic heterocycles. The zero-order valence-corrected chi connectivity index (χ0v) is 11.1. The van der Waals surface area contributed by atoms with Gasteiger partial charge >= 0.3 is 5.97 Å². The number of nitrogens with zero attached hydrogens (tertiary/aromatic N) is 1. The molecule has 4 nitrogen and oxygen atoms in total. The zero-order chi connectivity index (χ0) is 14.2. The van der Waals surface area contributed by atoms with Crippen molar-refractivity contribution in [1.29, 1.82) is 0 Å². The maximum Gasteiger partial charge on any atom is 0.311 e. The van der Waals surface area contributed by atoms with Crippen LogP contribution in [0.15, 0.2) is 18.2 Å². The molecule has 0 saturated carbocycles. The van der Waals surface area contributed by atoms with Crippen molar-refractivity contribution in [2.75, 3.05) is 13.1 Å². The van der Waals surface area contributed by atoms with E-state index in [1.54, 1.807) is 6.92 Å². The number of rotatable bonds is 2. The third-order valence-corrected chi connectivity index (χ3v) is 3.73. The molecule has 1 aromatic carbocycles. The number of carbonyl (C=O) groups excluding carboxylic acids is 1. The Morgan fingerprint density at radius 2 is 2.16 bits per heavy atom. The monoisotopic (exact) mass is 285 g/mol. The minimum atomic E-state index is -0.917. The van der Waals surface area contributed by atoms with Gasteiger partial charge in [-0.3, -0.25) is 9.59 Å². The second kappa shape index (κ2) is 4.81. The summed E-state index contributed by atoms with van der Waals surface area (Å²) < 4.78 is 13.0. The Bertz CT molecular complexity index is 549. The van der Waals surface area contributed by atoms with Crippen LogP contribution in [0.1, 0.15) is 23.7 Å². The lowest BCUT2D eigenvalue weighted by atomic mass is 9.90. The van der Waals surface area contributed by atoms with E-state index < -0.39 is 17.2 Å². The summed E-state index contributed by atoms with van der Waals surface area (Å²) in [7, 11) is 0. The predicted molar refractivity (Wildman–Crippen MR) is 67.7 cm³/mol. The van der Waals surface area contributed by atoms with Gasteiger partial charge in [0.1, 0.15) is 5.82 Å². The molecule has 6 heteroatoms. The van der Waals surface area contributed by atoms with E-state index in [0.717, 1.165) is 6.07 Å². The van der Waals surface area contributed by atoms with Gasteiger partial charge in [-0.05, 0) is 31.5 Å². The van der Waals surface area contributed by atoms with E-state index in [0.29, 0.717) is 13.0 Å². The van der Waals surface area contributed by atoms with Gasteiger partial charge in [0.25, 0.3) is 5.91 Å². The average Bonchev–Trinajstić information content (AvgIpc) is 2.76. The second-order valence-corrected chi connectivity index (χ2v) is 5.38. The van der Waals surface area contributed by atoms with Crippen molar-refractivity contribution in [3.8, 4) is 0 Å². The molecule has 1 heterocycles. The maximum atomic E-state index is 13.0. The topological polar surface area (TPSA) is 57.6 Å². The van der Waals surface area contributed by atoms with E-state index in [9.17, 15) is 14.0 Å². The number of hydrogen-bond donors (Lipinski definition) is 1. The van der Waals surface area contributed by atoms with E-state index in [1.165, 1.54) is 17.0 Å². The molecule has 1 atom stereocenters. The highest BCUT2D eigenvalue weighted by molar-refractivity contribution is 6.31. The van der Waals surface area contributed by atoms with Crippen LogP contribution >= 0.6 is 11.6 Å². The van der Waals surface area contributed by atoms with Crippen molar-refractivity contribution in [2.45, 2.75) is 13.3 Å². The molecule has 0 bridgehead atoms. The molecular formula is C13H13ClFNO3. The van der Waals surface area contributed by atoms with Gasteiger partial charge in [0.05, 0.1) is 10.4 Å². The van der Waals surface area contributed by atoms with Crippen LogP contribution in [0.3, 0.4) is 0 Å². The number of carbonyl (C=O) groups is 2. The number of halogens is 2. The zero-order valence-electron chi connectivity index (χ0n) is 10.3. The molecule has 0 aliphatic carbocycles. The number of carboxylic acid groups (broad SMARTS) is 1. The first-order valence-electron chi connectivity index (χ1n) is 5.81. The fraction of sp³-hybridized carbons (Fsp3) is 0.385. The molecule has 1 saturated heterocycles. The van der Waals surface area contributed by atoms with E-state index in [4.69, 9.17) is 16.7 Å². The van der Waals surface area contributed by atoms with E-state index in [-0.39, 0.29) is 23.0 Å². The number of hydrogen-bond acceptors (Lipinski definition) is 2. The van der Waals surface area contributed by atoms with Gasteiger partial charge in [-0.2, -0.15) is 0 Å². The molecule has 1 aliphatic rings. The number of amides is 1. The van der Waals surface area contributed by atoms with Crippen molar-refractivity contribution < 1.29 is 19.1 Å². The molecule has 1 unspecified atom stereocenters. The fourth-order valence-electron chi connectivity index (χ4n) is 2.12. The number of likely N-dealkylation sites (tertiary alicyclic amines) is 1. The minimum absolute atomic E-state index is 0.119. The van der Waals surface area contributed by atoms with Crippen LogP contribution in [0.25, 0.3) is 0 Å². The van der Waals surface area contributed by atoms with Crippen molar-refractivity contribution in [3.63, 3.8) is 0 Å². The van der Waals surface area contributed by atoms with Crippen LogP contribution in [0.5, 0.6) is 0 Å². The first-order chi connectivity index (χ1) is 8.83. The Hall–Kier alpha value is -1.62. The Balaban J connectivity index is 2.18. The van der Waals surface area contributed by atoms with Gasteiger partial charge < -0.3 is 10.0 Å². The first kappa shape index (κ1) is 13.8. The molecular weight excluding hydrogens is 273 g/mol. The molecule has 0 aromatic heterocycles. The quantitative estimate of drug-likeness (QED) is 0.908.